The minimum Gasteiger partial charge on any atom is -0.464 e. The van der Waals surface area contributed by atoms with Crippen LogP contribution >= 0.6 is 0 Å². The Morgan fingerprint density at radius 3 is 2.23 bits per heavy atom. The fraction of sp³-hybridized carbons (Fsp3) is 0.222. The highest BCUT2D eigenvalue weighted by Gasteiger charge is 1.96. The van der Waals surface area contributed by atoms with E-state index >= 15 is 0 Å². The molecule has 0 saturated carbocycles. The van der Waals surface area contributed by atoms with Crippen LogP contribution in [0.3, 0.4) is 0 Å². The Morgan fingerprint density at radius 2 is 1.77 bits per heavy atom. The highest BCUT2D eigenvalue weighted by Crippen LogP contribution is 2.12. The lowest BCUT2D eigenvalue weighted by molar-refractivity contribution is 0.197. The fourth-order valence-electron chi connectivity index (χ4n) is 1.17. The third-order valence-electron chi connectivity index (χ3n) is 1.54. The van der Waals surface area contributed by atoms with Gasteiger partial charge in [0.25, 0.3) is 0 Å². The molecule has 1 amide bonds. The number of nitrogens with one attached hydrogen (secondary N) is 2. The molecule has 0 aliphatic carbocycles. The third kappa shape index (κ3) is 3.02. The molecule has 0 radical (unpaired) electrons. The maximum absolute atomic E-state index is 10.2. The highest BCUT2D eigenvalue weighted by molar-refractivity contribution is 5.67. The molecule has 70 valence electrons. The number of hydrogen-bond acceptors (Lipinski definition) is 2. The summed E-state index contributed by atoms with van der Waals surface area (Å²) in [5.74, 6) is 0. The standard InChI is InChI=1S/C9H12N2O2/c1-6-3-7(2)5-8(4-6)10-11-9(12)13/h3-5,10-11H,1-2H3,(H,12,13). The average molecular weight is 180 g/mol. The zero-order valence-corrected chi connectivity index (χ0v) is 7.59. The molecule has 0 heterocycles. The molecule has 0 spiro atoms. The lowest BCUT2D eigenvalue weighted by Crippen LogP contribution is -2.27. The Morgan fingerprint density at radius 1 is 1.23 bits per heavy atom. The van der Waals surface area contributed by atoms with Crippen molar-refractivity contribution in [3.63, 3.8) is 0 Å². The smallest absolute Gasteiger partial charge is 0.423 e. The van der Waals surface area contributed by atoms with Gasteiger partial charge in [0.15, 0.2) is 0 Å². The van der Waals surface area contributed by atoms with E-state index in [2.05, 4.69) is 10.9 Å². The van der Waals surface area contributed by atoms with Gasteiger partial charge in [-0.1, -0.05) is 6.07 Å². The van der Waals surface area contributed by atoms with Crippen LogP contribution < -0.4 is 10.9 Å². The van der Waals surface area contributed by atoms with Crippen molar-refractivity contribution in [3.05, 3.63) is 29.3 Å². The van der Waals surface area contributed by atoms with E-state index in [1.165, 1.54) is 0 Å². The number of carboxylic acid groups (broad SMARTS) is 1. The van der Waals surface area contributed by atoms with Crippen molar-refractivity contribution >= 4 is 11.8 Å². The van der Waals surface area contributed by atoms with Gasteiger partial charge in [0.05, 0.1) is 5.69 Å². The second kappa shape index (κ2) is 3.80. The monoisotopic (exact) mass is 180 g/mol. The molecule has 1 aromatic rings. The molecule has 0 bridgehead atoms. The Kier molecular flexibility index (Phi) is 2.74. The number of anilines is 1. The summed E-state index contributed by atoms with van der Waals surface area (Å²) in [4.78, 5) is 10.2. The van der Waals surface area contributed by atoms with E-state index in [-0.39, 0.29) is 0 Å². The average Bonchev–Trinajstić information content (AvgIpc) is 1.99. The first-order valence-electron chi connectivity index (χ1n) is 3.91. The van der Waals surface area contributed by atoms with Gasteiger partial charge in [-0.15, -0.1) is 0 Å². The van der Waals surface area contributed by atoms with E-state index in [4.69, 9.17) is 5.11 Å². The van der Waals surface area contributed by atoms with E-state index in [0.29, 0.717) is 0 Å². The lowest BCUT2D eigenvalue weighted by Gasteiger charge is -2.07. The first kappa shape index (κ1) is 9.38. The van der Waals surface area contributed by atoms with Gasteiger partial charge in [0.2, 0.25) is 0 Å². The van der Waals surface area contributed by atoms with Crippen LogP contribution in [0.25, 0.3) is 0 Å². The van der Waals surface area contributed by atoms with Gasteiger partial charge in [-0.25, -0.2) is 10.2 Å². The first-order chi connectivity index (χ1) is 6.08. The Labute approximate surface area is 76.6 Å². The Hall–Kier alpha value is -1.71. The summed E-state index contributed by atoms with van der Waals surface area (Å²) in [6.07, 6.45) is -1.10. The number of rotatable bonds is 2. The zero-order valence-electron chi connectivity index (χ0n) is 7.59. The molecule has 3 N–H and O–H groups in total. The Bertz CT molecular complexity index is 303. The van der Waals surface area contributed by atoms with E-state index in [1.54, 1.807) is 0 Å². The van der Waals surface area contributed by atoms with Gasteiger partial charge in [0.1, 0.15) is 0 Å². The minimum absolute atomic E-state index is 0.750. The SMILES string of the molecule is Cc1cc(C)cc(NNC(=O)O)c1. The van der Waals surface area contributed by atoms with Crippen molar-refractivity contribution in [1.29, 1.82) is 0 Å². The van der Waals surface area contributed by atoms with Crippen LogP contribution in [0, 0.1) is 13.8 Å². The molecule has 0 saturated heterocycles. The summed E-state index contributed by atoms with van der Waals surface area (Å²) < 4.78 is 0. The number of carbonyl (C=O) groups is 1. The van der Waals surface area contributed by atoms with Crippen LogP contribution in [0.15, 0.2) is 18.2 Å². The summed E-state index contributed by atoms with van der Waals surface area (Å²) in [5, 5.41) is 8.34. The lowest BCUT2D eigenvalue weighted by atomic mass is 10.1. The second-order valence-electron chi connectivity index (χ2n) is 2.93. The van der Waals surface area contributed by atoms with Gasteiger partial charge < -0.3 is 5.11 Å². The van der Waals surface area contributed by atoms with Crippen molar-refractivity contribution in [2.45, 2.75) is 13.8 Å². The van der Waals surface area contributed by atoms with Crippen molar-refractivity contribution < 1.29 is 9.90 Å². The highest BCUT2D eigenvalue weighted by atomic mass is 16.4. The third-order valence-corrected chi connectivity index (χ3v) is 1.54. The van der Waals surface area contributed by atoms with Crippen LogP contribution in [0.2, 0.25) is 0 Å². The van der Waals surface area contributed by atoms with E-state index in [9.17, 15) is 4.79 Å². The topological polar surface area (TPSA) is 61.4 Å². The van der Waals surface area contributed by atoms with E-state index in [1.807, 2.05) is 32.0 Å². The molecule has 0 aliphatic rings. The molecule has 0 unspecified atom stereocenters. The maximum Gasteiger partial charge on any atom is 0.423 e. The van der Waals surface area contributed by atoms with E-state index in [0.717, 1.165) is 16.8 Å². The molecule has 1 aromatic carbocycles. The number of hydrogen-bond donors (Lipinski definition) is 3. The fourth-order valence-corrected chi connectivity index (χ4v) is 1.17. The van der Waals surface area contributed by atoms with Crippen molar-refractivity contribution in [2.75, 3.05) is 5.43 Å². The van der Waals surface area contributed by atoms with Gasteiger partial charge >= 0.3 is 6.09 Å². The quantitative estimate of drug-likeness (QED) is 0.609. The first-order valence-corrected chi connectivity index (χ1v) is 3.91. The molecular formula is C9H12N2O2. The largest absolute Gasteiger partial charge is 0.464 e. The number of benzene rings is 1. The van der Waals surface area contributed by atoms with Gasteiger partial charge in [-0.2, -0.15) is 0 Å². The van der Waals surface area contributed by atoms with Crippen LogP contribution in [-0.4, -0.2) is 11.2 Å². The molecule has 4 nitrogen and oxygen atoms in total. The predicted octanol–water partition coefficient (Wildman–Crippen LogP) is 1.90. The molecule has 0 aliphatic heterocycles. The second-order valence-corrected chi connectivity index (χ2v) is 2.93. The molecular weight excluding hydrogens is 168 g/mol. The summed E-state index contributed by atoms with van der Waals surface area (Å²) >= 11 is 0. The van der Waals surface area contributed by atoms with Crippen molar-refractivity contribution in [2.24, 2.45) is 0 Å². The van der Waals surface area contributed by atoms with Crippen LogP contribution in [0.5, 0.6) is 0 Å². The van der Waals surface area contributed by atoms with Crippen molar-refractivity contribution in [3.8, 4) is 0 Å². The minimum atomic E-state index is -1.10. The molecule has 1 rings (SSSR count). The summed E-state index contributed by atoms with van der Waals surface area (Å²) in [7, 11) is 0. The molecule has 4 heteroatoms. The zero-order chi connectivity index (χ0) is 9.84. The Balaban J connectivity index is 2.71. The van der Waals surface area contributed by atoms with Crippen LogP contribution in [-0.2, 0) is 0 Å². The number of hydrazine groups is 1. The van der Waals surface area contributed by atoms with Crippen LogP contribution in [0.1, 0.15) is 11.1 Å². The normalized spacial score (nSPS) is 9.38. The maximum atomic E-state index is 10.2. The summed E-state index contributed by atoms with van der Waals surface area (Å²) in [5.41, 5.74) is 7.59. The number of amides is 1. The molecule has 0 atom stereocenters. The van der Waals surface area contributed by atoms with Crippen molar-refractivity contribution in [1.82, 2.24) is 5.43 Å². The summed E-state index contributed by atoms with van der Waals surface area (Å²) in [6.45, 7) is 3.91. The van der Waals surface area contributed by atoms with Gasteiger partial charge in [-0.05, 0) is 37.1 Å². The van der Waals surface area contributed by atoms with Crippen LogP contribution in [0.4, 0.5) is 10.5 Å². The van der Waals surface area contributed by atoms with Gasteiger partial charge in [0, 0.05) is 0 Å². The molecule has 0 fully saturated rings. The molecule has 13 heavy (non-hydrogen) atoms. The molecule has 0 aromatic heterocycles. The summed E-state index contributed by atoms with van der Waals surface area (Å²) in [6, 6.07) is 5.75. The van der Waals surface area contributed by atoms with Gasteiger partial charge in [-0.3, -0.25) is 5.43 Å². The number of aryl methyl sites for hydroxylation is 2. The predicted molar refractivity (Wildman–Crippen MR) is 50.7 cm³/mol. The van der Waals surface area contributed by atoms with E-state index < -0.39 is 6.09 Å².